The number of carbonyl (C=O) groups excluding carboxylic acids is 1. The summed E-state index contributed by atoms with van der Waals surface area (Å²) in [5.74, 6) is 0.382. The number of hydrogen-bond donors (Lipinski definition) is 2. The molecule has 1 amide bonds. The number of halogens is 1. The molecule has 0 aromatic carbocycles. The van der Waals surface area contributed by atoms with Crippen molar-refractivity contribution in [2.24, 2.45) is 0 Å². The van der Waals surface area contributed by atoms with Gasteiger partial charge in [-0.3, -0.25) is 10.2 Å². The number of pyridine rings is 1. The molecule has 88 valence electrons. The second-order valence-corrected chi connectivity index (χ2v) is 3.82. The van der Waals surface area contributed by atoms with Gasteiger partial charge in [0.1, 0.15) is 11.0 Å². The molecule has 0 fully saturated rings. The summed E-state index contributed by atoms with van der Waals surface area (Å²) in [5, 5.41) is 4.87. The van der Waals surface area contributed by atoms with E-state index in [1.54, 1.807) is 25.2 Å². The number of carbonyl (C=O) groups is 1. The molecule has 1 aromatic rings. The van der Waals surface area contributed by atoms with Crippen molar-refractivity contribution in [3.05, 3.63) is 22.8 Å². The number of hydrogen-bond acceptors (Lipinski definition) is 4. The van der Waals surface area contributed by atoms with E-state index >= 15 is 0 Å². The van der Waals surface area contributed by atoms with E-state index in [2.05, 4.69) is 15.7 Å². The Balaban J connectivity index is 2.91. The second-order valence-electron chi connectivity index (χ2n) is 3.43. The smallest absolute Gasteiger partial charge is 0.265 e. The summed E-state index contributed by atoms with van der Waals surface area (Å²) in [6, 6.07) is 3.19. The van der Waals surface area contributed by atoms with Gasteiger partial charge in [0.2, 0.25) is 0 Å². The third-order valence-electron chi connectivity index (χ3n) is 1.74. The van der Waals surface area contributed by atoms with Crippen molar-refractivity contribution in [1.29, 1.82) is 0 Å². The number of anilines is 1. The topological polar surface area (TPSA) is 57.3 Å². The Morgan fingerprint density at radius 3 is 2.75 bits per heavy atom. The van der Waals surface area contributed by atoms with E-state index in [9.17, 15) is 4.79 Å². The number of nitrogens with zero attached hydrogens (tertiary/aromatic N) is 2. The van der Waals surface area contributed by atoms with E-state index in [0.29, 0.717) is 16.5 Å². The summed E-state index contributed by atoms with van der Waals surface area (Å²) in [4.78, 5) is 15.7. The van der Waals surface area contributed by atoms with E-state index in [-0.39, 0.29) is 5.91 Å². The number of hydrazine groups is 1. The van der Waals surface area contributed by atoms with Crippen molar-refractivity contribution in [3.63, 3.8) is 0 Å². The fourth-order valence-corrected chi connectivity index (χ4v) is 1.38. The molecule has 0 bridgehead atoms. The Kier molecular flexibility index (Phi) is 4.52. The lowest BCUT2D eigenvalue weighted by atomic mass is 10.2. The van der Waals surface area contributed by atoms with Crippen LogP contribution < -0.4 is 10.7 Å². The first-order valence-electron chi connectivity index (χ1n) is 4.92. The van der Waals surface area contributed by atoms with Crippen molar-refractivity contribution in [2.45, 2.75) is 6.92 Å². The molecule has 0 atom stereocenters. The Labute approximate surface area is 99.8 Å². The highest BCUT2D eigenvalue weighted by Crippen LogP contribution is 2.14. The standard InChI is InChI=1S/C10H15ClN4O/c1-4-12-9-6-7(5-8(11)13-9)10(16)14-15(2)3/h5-6H,4H2,1-3H3,(H,12,13)(H,14,16). The van der Waals surface area contributed by atoms with Gasteiger partial charge in [-0.05, 0) is 19.1 Å². The highest BCUT2D eigenvalue weighted by Gasteiger charge is 2.09. The van der Waals surface area contributed by atoms with Crippen LogP contribution in [0.25, 0.3) is 0 Å². The van der Waals surface area contributed by atoms with Crippen LogP contribution in [0.4, 0.5) is 5.82 Å². The Bertz CT molecular complexity index is 381. The zero-order valence-electron chi connectivity index (χ0n) is 9.54. The first kappa shape index (κ1) is 12.7. The molecule has 0 aliphatic heterocycles. The van der Waals surface area contributed by atoms with Crippen LogP contribution in [0.5, 0.6) is 0 Å². The second kappa shape index (κ2) is 5.67. The van der Waals surface area contributed by atoms with Crippen molar-refractivity contribution >= 4 is 23.3 Å². The summed E-state index contributed by atoms with van der Waals surface area (Å²) >= 11 is 5.82. The molecule has 5 nitrogen and oxygen atoms in total. The van der Waals surface area contributed by atoms with E-state index in [1.807, 2.05) is 6.92 Å². The average Bonchev–Trinajstić information content (AvgIpc) is 2.16. The predicted octanol–water partition coefficient (Wildman–Crippen LogP) is 1.37. The maximum absolute atomic E-state index is 11.7. The quantitative estimate of drug-likeness (QED) is 0.619. The molecule has 0 radical (unpaired) electrons. The lowest BCUT2D eigenvalue weighted by Crippen LogP contribution is -2.36. The zero-order chi connectivity index (χ0) is 12.1. The minimum atomic E-state index is -0.214. The molecular weight excluding hydrogens is 228 g/mol. The van der Waals surface area contributed by atoms with Crippen LogP contribution in [0.15, 0.2) is 12.1 Å². The van der Waals surface area contributed by atoms with Gasteiger partial charge in [-0.1, -0.05) is 11.6 Å². The summed E-state index contributed by atoms with van der Waals surface area (Å²) in [6.07, 6.45) is 0. The number of nitrogens with one attached hydrogen (secondary N) is 2. The molecule has 16 heavy (non-hydrogen) atoms. The van der Waals surface area contributed by atoms with Gasteiger partial charge < -0.3 is 5.32 Å². The van der Waals surface area contributed by atoms with E-state index in [4.69, 9.17) is 11.6 Å². The van der Waals surface area contributed by atoms with Gasteiger partial charge in [0, 0.05) is 26.2 Å². The van der Waals surface area contributed by atoms with Crippen LogP contribution in [0.3, 0.4) is 0 Å². The van der Waals surface area contributed by atoms with Crippen LogP contribution >= 0.6 is 11.6 Å². The van der Waals surface area contributed by atoms with Crippen molar-refractivity contribution < 1.29 is 4.79 Å². The number of aromatic nitrogens is 1. The van der Waals surface area contributed by atoms with Gasteiger partial charge >= 0.3 is 0 Å². The van der Waals surface area contributed by atoms with E-state index in [1.165, 1.54) is 6.07 Å². The molecule has 2 N–H and O–H groups in total. The maximum atomic E-state index is 11.7. The first-order chi connectivity index (χ1) is 7.52. The van der Waals surface area contributed by atoms with Gasteiger partial charge in [0.25, 0.3) is 5.91 Å². The summed E-state index contributed by atoms with van der Waals surface area (Å²) in [5.41, 5.74) is 3.11. The Morgan fingerprint density at radius 1 is 1.50 bits per heavy atom. The minimum Gasteiger partial charge on any atom is -0.370 e. The molecular formula is C10H15ClN4O. The molecule has 1 rings (SSSR count). The molecule has 0 aliphatic rings. The highest BCUT2D eigenvalue weighted by molar-refractivity contribution is 6.29. The third kappa shape index (κ3) is 3.67. The van der Waals surface area contributed by atoms with Crippen LogP contribution in [0.1, 0.15) is 17.3 Å². The van der Waals surface area contributed by atoms with E-state index < -0.39 is 0 Å². The Hall–Kier alpha value is -1.33. The fraction of sp³-hybridized carbons (Fsp3) is 0.400. The van der Waals surface area contributed by atoms with Gasteiger partial charge in [-0.25, -0.2) is 9.99 Å². The minimum absolute atomic E-state index is 0.214. The van der Waals surface area contributed by atoms with Gasteiger partial charge in [0.15, 0.2) is 0 Å². The monoisotopic (exact) mass is 242 g/mol. The summed E-state index contributed by atoms with van der Waals surface area (Å²) in [6.45, 7) is 2.67. The highest BCUT2D eigenvalue weighted by atomic mass is 35.5. The number of rotatable bonds is 4. The van der Waals surface area contributed by atoms with Crippen molar-refractivity contribution in [3.8, 4) is 0 Å². The SMILES string of the molecule is CCNc1cc(C(=O)NN(C)C)cc(Cl)n1. The molecule has 1 heterocycles. The predicted molar refractivity (Wildman–Crippen MR) is 64.6 cm³/mol. The van der Waals surface area contributed by atoms with Crippen molar-refractivity contribution in [2.75, 3.05) is 26.0 Å². The molecule has 6 heteroatoms. The van der Waals surface area contributed by atoms with E-state index in [0.717, 1.165) is 6.54 Å². The molecule has 0 saturated heterocycles. The molecule has 0 spiro atoms. The van der Waals surface area contributed by atoms with Crippen LogP contribution in [0, 0.1) is 0 Å². The van der Waals surface area contributed by atoms with Gasteiger partial charge in [0.05, 0.1) is 0 Å². The first-order valence-corrected chi connectivity index (χ1v) is 5.30. The van der Waals surface area contributed by atoms with Crippen molar-refractivity contribution in [1.82, 2.24) is 15.4 Å². The van der Waals surface area contributed by atoms with Gasteiger partial charge in [-0.2, -0.15) is 0 Å². The Morgan fingerprint density at radius 2 is 2.19 bits per heavy atom. The largest absolute Gasteiger partial charge is 0.370 e. The lowest BCUT2D eigenvalue weighted by Gasteiger charge is -2.12. The third-order valence-corrected chi connectivity index (χ3v) is 1.93. The molecule has 0 unspecified atom stereocenters. The average molecular weight is 243 g/mol. The zero-order valence-corrected chi connectivity index (χ0v) is 10.3. The molecule has 0 saturated carbocycles. The number of amides is 1. The normalized spacial score (nSPS) is 10.3. The van der Waals surface area contributed by atoms with Crippen LogP contribution in [0.2, 0.25) is 5.15 Å². The van der Waals surface area contributed by atoms with Gasteiger partial charge in [-0.15, -0.1) is 0 Å². The summed E-state index contributed by atoms with van der Waals surface area (Å²) < 4.78 is 0. The molecule has 0 aliphatic carbocycles. The maximum Gasteiger partial charge on any atom is 0.265 e. The summed E-state index contributed by atoms with van der Waals surface area (Å²) in [7, 11) is 3.48. The van der Waals surface area contributed by atoms with Crippen LogP contribution in [-0.2, 0) is 0 Å². The lowest BCUT2D eigenvalue weighted by molar-refractivity contribution is 0.0857. The van der Waals surface area contributed by atoms with Crippen LogP contribution in [-0.4, -0.2) is 36.5 Å². The fourth-order valence-electron chi connectivity index (χ4n) is 1.17. The molecule has 1 aromatic heterocycles.